The second-order valence-corrected chi connectivity index (χ2v) is 52.7. The number of benzene rings is 12. The van der Waals surface area contributed by atoms with Gasteiger partial charge >= 0.3 is 123 Å². The van der Waals surface area contributed by atoms with Crippen molar-refractivity contribution >= 4 is 116 Å². The maximum absolute atomic E-state index is 13.9. The molecule has 0 spiro atoms. The van der Waals surface area contributed by atoms with Crippen LogP contribution in [0.15, 0.2) is 413 Å². The van der Waals surface area contributed by atoms with Crippen molar-refractivity contribution in [2.75, 3.05) is 0 Å². The Hall–Kier alpha value is -8.77. The maximum Gasteiger partial charge on any atom is 0 e. The molecule has 0 N–H and O–H groups in total. The topological polar surface area (TPSA) is 17.1 Å². The average Bonchev–Trinajstić information content (AvgIpc) is 1.55. The fourth-order valence-corrected chi connectivity index (χ4v) is 40.3. The van der Waals surface area contributed by atoms with E-state index in [1.165, 1.54) is 176 Å². The Kier molecular flexibility index (Phi) is 52.4. The number of thiophene rings is 5. The van der Waals surface area contributed by atoms with Crippen LogP contribution in [0, 0.1) is 31.2 Å². The van der Waals surface area contributed by atoms with Crippen LogP contribution in [-0.2, 0) is 26.8 Å². The molecule has 1 aliphatic rings. The first-order valence-corrected chi connectivity index (χ1v) is 58.3. The first-order valence-electron chi connectivity index (χ1n) is 45.1. The van der Waals surface area contributed by atoms with Crippen molar-refractivity contribution in [1.82, 2.24) is 0 Å². The van der Waals surface area contributed by atoms with E-state index in [0.29, 0.717) is 0 Å². The zero-order valence-electron chi connectivity index (χ0n) is 74.8. The van der Waals surface area contributed by atoms with Gasteiger partial charge in [0, 0.05) is 51.1 Å². The molecule has 0 atom stereocenters. The Labute approximate surface area is 822 Å². The monoisotopic (exact) mass is 2100 g/mol. The molecule has 0 saturated carbocycles. The first kappa shape index (κ1) is 105. The minimum atomic E-state index is -2.01. The van der Waals surface area contributed by atoms with Crippen molar-refractivity contribution in [3.8, 4) is 73.8 Å². The smallest absolute Gasteiger partial charge is 0 e. The summed E-state index contributed by atoms with van der Waals surface area (Å²) in [5, 5.41) is 2.31. The molecule has 128 heavy (non-hydrogen) atoms. The summed E-state index contributed by atoms with van der Waals surface area (Å²) in [7, 11) is 0. The van der Waals surface area contributed by atoms with Crippen molar-refractivity contribution in [2.45, 2.75) is 157 Å². The number of hydrogen-bond donors (Lipinski definition) is 0. The normalized spacial score (nSPS) is 10.4. The van der Waals surface area contributed by atoms with Gasteiger partial charge in [-0.2, -0.15) is 146 Å². The van der Waals surface area contributed by atoms with Crippen molar-refractivity contribution < 1.29 is 25.2 Å². The van der Waals surface area contributed by atoms with Gasteiger partial charge in [-0.1, -0.05) is 307 Å². The Morgan fingerprint density at radius 1 is 0.273 bits per heavy atom. The predicted octanol–water partition coefficient (Wildman–Crippen LogP) is 37.9. The summed E-state index contributed by atoms with van der Waals surface area (Å²) in [6.07, 6.45) is 22.9. The molecule has 0 amide bonds. The third kappa shape index (κ3) is 37.6. The van der Waals surface area contributed by atoms with Crippen LogP contribution in [0.2, 0.25) is 13.3 Å². The number of fused-ring (bicyclic) bond motifs is 3. The van der Waals surface area contributed by atoms with Gasteiger partial charge in [0.15, 0.2) is 5.78 Å². The first-order chi connectivity index (χ1) is 62.6. The standard InChI is InChI=1S/C30H32Br2OS4.4C12H10.4C6H5.C4H3S.3C4H9.Pd.Sn/c1-3-4-5-6-7-8-9-10-11-12-13-19-25-26(33)24-18(2)27(20-14-16-22(31)34-20)36-29(24)30(25)37-28(19)21-15-17-23(32)35-21;4*1-3-7-11(8-4-1)12-9-5-2-6-10-12;4*1-2-4-6-5-3-1;1-2-4-5-3-1;3*1-3-4-2;;/h14-17H,3-13H2,1-2H3;4*1-10H;4*1-5H;1-3H;3*1,3-4H2,2H3;;/q;;;;;4*-1;;;;;;. The molecule has 17 aromatic rings. The van der Waals surface area contributed by atoms with E-state index in [-0.39, 0.29) is 26.2 Å². The van der Waals surface area contributed by atoms with E-state index in [9.17, 15) is 4.79 Å². The Bertz CT molecular complexity index is 4840. The van der Waals surface area contributed by atoms with E-state index in [0.717, 1.165) is 37.1 Å². The molecule has 662 valence electrons. The molecule has 0 aliphatic heterocycles. The number of hydrogen-bond acceptors (Lipinski definition) is 6. The molecular formula is C118H122Br2OPdS5Sn-4. The summed E-state index contributed by atoms with van der Waals surface area (Å²) in [6, 6.07) is 146. The van der Waals surface area contributed by atoms with Crippen LogP contribution in [0.5, 0.6) is 0 Å². The molecule has 0 fully saturated rings. The van der Waals surface area contributed by atoms with E-state index < -0.39 is 18.4 Å². The summed E-state index contributed by atoms with van der Waals surface area (Å²) >= 11 is 14.5. The van der Waals surface area contributed by atoms with Crippen LogP contribution < -0.4 is 2.89 Å². The fraction of sp³-hybridized carbons (Fsp3) is 0.212. The molecule has 1 aliphatic carbocycles. The molecule has 0 saturated heterocycles. The van der Waals surface area contributed by atoms with Crippen LogP contribution >= 0.6 is 88.5 Å². The second-order valence-electron chi connectivity index (χ2n) is 30.6. The number of ketones is 1. The van der Waals surface area contributed by atoms with Crippen LogP contribution in [0.25, 0.3) is 73.8 Å². The molecule has 1 nitrogen and oxygen atoms in total. The molecule has 10 heteroatoms. The Morgan fingerprint density at radius 2 is 0.539 bits per heavy atom. The minimum Gasteiger partial charge on any atom is -0.184 e. The van der Waals surface area contributed by atoms with Crippen molar-refractivity contribution in [1.29, 1.82) is 0 Å². The third-order valence-electron chi connectivity index (χ3n) is 21.2. The molecule has 5 heterocycles. The summed E-state index contributed by atoms with van der Waals surface area (Å²) < 4.78 is 8.94. The number of halogens is 2. The molecule has 18 rings (SSSR count). The SMILES string of the molecule is CCCCCCCCCCCCc1c(-c2ccc(Br)s2)sc2c1C(=O)c1c-2sc(-c2ccc(Br)s2)c1C.CCC[CH2][Sn]([CH2]CCC)([CH2]CCC)[c]1cccs1.[Pd].[c-]1ccccc1.[c-]1ccccc1.[c-]1ccccc1.[c-]1ccccc1.c1ccc(-c2ccccc2)cc1.c1ccc(-c2ccccc2)cc1.c1ccc(-c2ccccc2)cc1.c1ccc(-c2ccccc2)cc1. The summed E-state index contributed by atoms with van der Waals surface area (Å²) in [5.41, 5.74) is 14.6. The van der Waals surface area contributed by atoms with Crippen molar-refractivity contribution in [2.24, 2.45) is 0 Å². The summed E-state index contributed by atoms with van der Waals surface area (Å²) in [6.45, 7) is 11.5. The van der Waals surface area contributed by atoms with Crippen molar-refractivity contribution in [3.63, 3.8) is 0 Å². The molecule has 0 unspecified atom stereocenters. The van der Waals surface area contributed by atoms with Crippen LogP contribution in [0.1, 0.15) is 157 Å². The van der Waals surface area contributed by atoms with Gasteiger partial charge in [0.1, 0.15) is 0 Å². The number of unbranched alkanes of at least 4 members (excludes halogenated alkanes) is 12. The van der Waals surface area contributed by atoms with Gasteiger partial charge < -0.3 is 0 Å². The van der Waals surface area contributed by atoms with E-state index in [4.69, 9.17) is 0 Å². The summed E-state index contributed by atoms with van der Waals surface area (Å²) in [5.74, 6) is 0.251. The maximum atomic E-state index is 13.9. The summed E-state index contributed by atoms with van der Waals surface area (Å²) in [4.78, 5) is 21.4. The zero-order valence-corrected chi connectivity index (χ0v) is 86.5. The van der Waals surface area contributed by atoms with Crippen molar-refractivity contribution in [3.05, 3.63) is 460 Å². The van der Waals surface area contributed by atoms with Gasteiger partial charge in [-0.3, -0.25) is 4.79 Å². The van der Waals surface area contributed by atoms with Gasteiger partial charge in [0.2, 0.25) is 0 Å². The number of rotatable bonds is 27. The van der Waals surface area contributed by atoms with Gasteiger partial charge in [0.05, 0.1) is 17.3 Å². The van der Waals surface area contributed by atoms with Gasteiger partial charge in [-0.15, -0.1) is 45.3 Å². The van der Waals surface area contributed by atoms with Crippen LogP contribution in [-0.4, -0.2) is 24.2 Å². The van der Waals surface area contributed by atoms with E-state index in [1.807, 2.05) is 184 Å². The zero-order chi connectivity index (χ0) is 89.1. The Morgan fingerprint density at radius 3 is 0.789 bits per heavy atom. The molecule has 0 radical (unpaired) electrons. The largest absolute Gasteiger partial charge is 0.184 e. The fourth-order valence-electron chi connectivity index (χ4n) is 14.6. The van der Waals surface area contributed by atoms with Gasteiger partial charge in [0.25, 0.3) is 0 Å². The van der Waals surface area contributed by atoms with Gasteiger partial charge in [-0.05, 0) is 132 Å². The second kappa shape index (κ2) is 64.1. The van der Waals surface area contributed by atoms with Crippen LogP contribution in [0.3, 0.4) is 0 Å². The molecule has 5 aromatic heterocycles. The quantitative estimate of drug-likeness (QED) is 0.0285. The average molecular weight is 2100 g/mol. The van der Waals surface area contributed by atoms with E-state index in [2.05, 4.69) is 338 Å². The van der Waals surface area contributed by atoms with Crippen LogP contribution in [0.4, 0.5) is 0 Å². The Balaban J connectivity index is 0.000000189. The minimum absolute atomic E-state index is 0. The number of carbonyl (C=O) groups excluding carboxylic acids is 1. The molecule has 12 aromatic carbocycles. The number of carbonyl (C=O) groups is 1. The third-order valence-corrected chi connectivity index (χ3v) is 46.8. The predicted molar refractivity (Wildman–Crippen MR) is 571 cm³/mol. The molecular weight excluding hydrogens is 1980 g/mol. The molecule has 0 bridgehead atoms. The van der Waals surface area contributed by atoms with Gasteiger partial charge in [-0.25, -0.2) is 0 Å². The van der Waals surface area contributed by atoms with E-state index in [1.54, 1.807) is 47.3 Å². The van der Waals surface area contributed by atoms with E-state index >= 15 is 0 Å².